The molecule has 0 atom stereocenters. The summed E-state index contributed by atoms with van der Waals surface area (Å²) < 4.78 is 0. The molecule has 0 aliphatic heterocycles. The minimum absolute atomic E-state index is 0.795. The van der Waals surface area contributed by atoms with Crippen LogP contribution in [0.3, 0.4) is 0 Å². The van der Waals surface area contributed by atoms with Gasteiger partial charge in [0.2, 0.25) is 0 Å². The number of hydrazone groups is 1. The van der Waals surface area contributed by atoms with Crippen molar-refractivity contribution >= 4 is 6.21 Å². The molecule has 0 aliphatic rings. The molecule has 0 fully saturated rings. The molecule has 0 aliphatic carbocycles. The van der Waals surface area contributed by atoms with Crippen molar-refractivity contribution in [2.75, 3.05) is 6.54 Å². The van der Waals surface area contributed by atoms with Crippen molar-refractivity contribution in [2.45, 2.75) is 20.3 Å². The molecule has 0 rings (SSSR count). The average molecular weight is 152 g/mol. The van der Waals surface area contributed by atoms with E-state index >= 15 is 0 Å². The third kappa shape index (κ3) is 8.95. The van der Waals surface area contributed by atoms with Gasteiger partial charge in [-0.1, -0.05) is 24.3 Å². The number of hydrogen-bond acceptors (Lipinski definition) is 2. The van der Waals surface area contributed by atoms with E-state index in [1.54, 1.807) is 0 Å². The van der Waals surface area contributed by atoms with Crippen LogP contribution >= 0.6 is 0 Å². The van der Waals surface area contributed by atoms with E-state index in [1.807, 2.05) is 32.2 Å². The fourth-order valence-electron chi connectivity index (χ4n) is 0.489. The molecule has 0 amide bonds. The fraction of sp³-hybridized carbons (Fsp3) is 0.444. The van der Waals surface area contributed by atoms with Gasteiger partial charge in [0.1, 0.15) is 0 Å². The first-order valence-electron chi connectivity index (χ1n) is 3.77. The molecular formula is C9H16N2. The van der Waals surface area contributed by atoms with Crippen LogP contribution in [0, 0.1) is 0 Å². The Labute approximate surface area is 68.7 Å². The molecule has 0 radical (unpaired) electrons. The van der Waals surface area contributed by atoms with Crippen molar-refractivity contribution in [3.05, 3.63) is 24.3 Å². The number of allylic oxidation sites excluding steroid dienone is 2. The maximum absolute atomic E-state index is 3.96. The van der Waals surface area contributed by atoms with Crippen molar-refractivity contribution < 1.29 is 0 Å². The van der Waals surface area contributed by atoms with E-state index in [0.29, 0.717) is 0 Å². The molecule has 0 heterocycles. The quantitative estimate of drug-likeness (QED) is 0.277. The molecule has 0 bridgehead atoms. The Hall–Kier alpha value is -1.05. The zero-order valence-corrected chi connectivity index (χ0v) is 7.30. The van der Waals surface area contributed by atoms with Crippen molar-refractivity contribution in [1.82, 2.24) is 5.43 Å². The first-order valence-corrected chi connectivity index (χ1v) is 3.77. The minimum atomic E-state index is 0.795. The normalized spacial score (nSPS) is 11.1. The molecule has 0 unspecified atom stereocenters. The zero-order valence-electron chi connectivity index (χ0n) is 7.30. The SMILES string of the molecule is C=C(C)C/C=N\NC/C=C\C. The van der Waals surface area contributed by atoms with Crippen molar-refractivity contribution in [2.24, 2.45) is 5.10 Å². The summed E-state index contributed by atoms with van der Waals surface area (Å²) in [7, 11) is 0. The van der Waals surface area contributed by atoms with Gasteiger partial charge in [-0.3, -0.25) is 0 Å². The molecule has 62 valence electrons. The number of nitrogens with one attached hydrogen (secondary N) is 1. The van der Waals surface area contributed by atoms with E-state index in [-0.39, 0.29) is 0 Å². The third-order valence-corrected chi connectivity index (χ3v) is 1.07. The van der Waals surface area contributed by atoms with Gasteiger partial charge in [0.15, 0.2) is 0 Å². The second-order valence-electron chi connectivity index (χ2n) is 2.40. The maximum atomic E-state index is 3.96. The molecule has 0 saturated heterocycles. The molecule has 11 heavy (non-hydrogen) atoms. The van der Waals surface area contributed by atoms with Crippen LogP contribution < -0.4 is 5.43 Å². The van der Waals surface area contributed by atoms with Gasteiger partial charge in [-0.25, -0.2) is 0 Å². The monoisotopic (exact) mass is 152 g/mol. The van der Waals surface area contributed by atoms with E-state index in [9.17, 15) is 0 Å². The Morgan fingerprint density at radius 3 is 2.91 bits per heavy atom. The highest BCUT2D eigenvalue weighted by molar-refractivity contribution is 5.60. The largest absolute Gasteiger partial charge is 0.307 e. The van der Waals surface area contributed by atoms with Gasteiger partial charge in [0, 0.05) is 12.6 Å². The van der Waals surface area contributed by atoms with E-state index in [2.05, 4.69) is 17.1 Å². The van der Waals surface area contributed by atoms with Crippen LogP contribution in [0.4, 0.5) is 0 Å². The van der Waals surface area contributed by atoms with E-state index in [1.165, 1.54) is 0 Å². The predicted molar refractivity (Wildman–Crippen MR) is 50.7 cm³/mol. The van der Waals surface area contributed by atoms with Crippen LogP contribution in [0.2, 0.25) is 0 Å². The molecule has 0 aromatic rings. The number of hydrogen-bond donors (Lipinski definition) is 1. The van der Waals surface area contributed by atoms with Gasteiger partial charge < -0.3 is 5.43 Å². The lowest BCUT2D eigenvalue weighted by molar-refractivity contribution is 0.826. The van der Waals surface area contributed by atoms with Crippen LogP contribution in [-0.2, 0) is 0 Å². The lowest BCUT2D eigenvalue weighted by Gasteiger charge is -1.92. The Balaban J connectivity index is 3.23. The van der Waals surface area contributed by atoms with Gasteiger partial charge in [0.05, 0.1) is 6.54 Å². The summed E-state index contributed by atoms with van der Waals surface area (Å²) in [5.41, 5.74) is 4.01. The lowest BCUT2D eigenvalue weighted by atomic mass is 10.3. The van der Waals surface area contributed by atoms with Gasteiger partial charge in [-0.15, -0.1) is 0 Å². The second kappa shape index (κ2) is 7.06. The second-order valence-corrected chi connectivity index (χ2v) is 2.40. The lowest BCUT2D eigenvalue weighted by Crippen LogP contribution is -2.04. The molecular weight excluding hydrogens is 136 g/mol. The summed E-state index contributed by atoms with van der Waals surface area (Å²) in [5.74, 6) is 0. The standard InChI is InChI=1S/C9H16N2/c1-4-5-7-10-11-8-6-9(2)3/h4-5,8,10H,2,6-7H2,1,3H3/b5-4-,11-8-. The van der Waals surface area contributed by atoms with Crippen LogP contribution in [0.25, 0.3) is 0 Å². The Kier molecular flexibility index (Phi) is 6.39. The summed E-state index contributed by atoms with van der Waals surface area (Å²) in [6.45, 7) is 8.52. The molecule has 2 heteroatoms. The highest BCUT2D eigenvalue weighted by Crippen LogP contribution is 1.89. The van der Waals surface area contributed by atoms with Crippen LogP contribution in [0.15, 0.2) is 29.4 Å². The summed E-state index contributed by atoms with van der Waals surface area (Å²) >= 11 is 0. The van der Waals surface area contributed by atoms with Gasteiger partial charge in [0.25, 0.3) is 0 Å². The first-order chi connectivity index (χ1) is 5.27. The predicted octanol–water partition coefficient (Wildman–Crippen LogP) is 2.10. The Morgan fingerprint density at radius 2 is 2.36 bits per heavy atom. The maximum Gasteiger partial charge on any atom is 0.0510 e. The Bertz CT molecular complexity index is 157. The molecule has 1 N–H and O–H groups in total. The smallest absolute Gasteiger partial charge is 0.0510 e. The van der Waals surface area contributed by atoms with E-state index < -0.39 is 0 Å². The van der Waals surface area contributed by atoms with Crippen molar-refractivity contribution in [1.29, 1.82) is 0 Å². The van der Waals surface area contributed by atoms with E-state index in [0.717, 1.165) is 18.5 Å². The highest BCUT2D eigenvalue weighted by Gasteiger charge is 1.77. The molecule has 2 nitrogen and oxygen atoms in total. The minimum Gasteiger partial charge on any atom is -0.307 e. The number of nitrogens with zero attached hydrogens (tertiary/aromatic N) is 1. The van der Waals surface area contributed by atoms with Crippen molar-refractivity contribution in [3.8, 4) is 0 Å². The summed E-state index contributed by atoms with van der Waals surface area (Å²) in [4.78, 5) is 0. The van der Waals surface area contributed by atoms with Crippen LogP contribution in [0.5, 0.6) is 0 Å². The topological polar surface area (TPSA) is 24.4 Å². The molecule has 0 spiro atoms. The van der Waals surface area contributed by atoms with Crippen LogP contribution in [-0.4, -0.2) is 12.8 Å². The molecule has 0 aromatic heterocycles. The van der Waals surface area contributed by atoms with E-state index in [4.69, 9.17) is 0 Å². The fourth-order valence-corrected chi connectivity index (χ4v) is 0.489. The average Bonchev–Trinajstić information content (AvgIpc) is 1.96. The van der Waals surface area contributed by atoms with Gasteiger partial charge >= 0.3 is 0 Å². The summed E-state index contributed by atoms with van der Waals surface area (Å²) in [6, 6.07) is 0. The first kappa shape index (κ1) is 9.95. The summed E-state index contributed by atoms with van der Waals surface area (Å²) in [5, 5.41) is 3.96. The number of rotatable bonds is 5. The van der Waals surface area contributed by atoms with Crippen molar-refractivity contribution in [3.63, 3.8) is 0 Å². The Morgan fingerprint density at radius 1 is 1.64 bits per heavy atom. The van der Waals surface area contributed by atoms with Gasteiger partial charge in [-0.05, 0) is 13.8 Å². The third-order valence-electron chi connectivity index (χ3n) is 1.07. The molecule has 0 aromatic carbocycles. The summed E-state index contributed by atoms with van der Waals surface area (Å²) in [6.07, 6.45) is 6.67. The molecule has 0 saturated carbocycles. The van der Waals surface area contributed by atoms with Gasteiger partial charge in [-0.2, -0.15) is 5.10 Å². The van der Waals surface area contributed by atoms with Crippen LogP contribution in [0.1, 0.15) is 20.3 Å². The zero-order chi connectivity index (χ0) is 8.53. The highest BCUT2D eigenvalue weighted by atomic mass is 15.3.